The van der Waals surface area contributed by atoms with Gasteiger partial charge in [0.05, 0.1) is 0 Å². The number of hydrogen-bond donors (Lipinski definition) is 1. The summed E-state index contributed by atoms with van der Waals surface area (Å²) in [5.41, 5.74) is 6.46. The summed E-state index contributed by atoms with van der Waals surface area (Å²) in [5, 5.41) is 0. The molecule has 2 saturated carbocycles. The van der Waals surface area contributed by atoms with E-state index in [0.717, 1.165) is 29.7 Å². The van der Waals surface area contributed by atoms with Crippen LogP contribution in [0.3, 0.4) is 0 Å². The molecule has 0 spiro atoms. The lowest BCUT2D eigenvalue weighted by atomic mass is 9.73. The summed E-state index contributed by atoms with van der Waals surface area (Å²) in [6.45, 7) is 7.44. The zero-order valence-corrected chi connectivity index (χ0v) is 13.6. The van der Waals surface area contributed by atoms with E-state index in [1.54, 1.807) is 0 Å². The van der Waals surface area contributed by atoms with Crippen LogP contribution < -0.4 is 5.73 Å². The van der Waals surface area contributed by atoms with Gasteiger partial charge in [-0.25, -0.2) is 0 Å². The van der Waals surface area contributed by atoms with Crippen LogP contribution in [0.25, 0.3) is 0 Å². The maximum Gasteiger partial charge on any atom is 0.0124 e. The van der Waals surface area contributed by atoms with Crippen molar-refractivity contribution in [3.63, 3.8) is 0 Å². The van der Waals surface area contributed by atoms with Gasteiger partial charge in [0.1, 0.15) is 0 Å². The second-order valence-electron chi connectivity index (χ2n) is 8.14. The fourth-order valence-corrected chi connectivity index (χ4v) is 5.17. The zero-order valence-electron chi connectivity index (χ0n) is 13.6. The van der Waals surface area contributed by atoms with Crippen LogP contribution >= 0.6 is 0 Å². The smallest absolute Gasteiger partial charge is 0.0124 e. The van der Waals surface area contributed by atoms with Gasteiger partial charge in [-0.05, 0) is 68.7 Å². The van der Waals surface area contributed by atoms with E-state index in [-0.39, 0.29) is 0 Å². The standard InChI is InChI=1S/C18H34N2/c1-13(2)15-7-8-17(19)16(11-15)12-20-10-9-14-5-3-4-6-18(14)20/h13-18H,3-12,19H2,1-2H3. The highest BCUT2D eigenvalue weighted by Crippen LogP contribution is 2.39. The third kappa shape index (κ3) is 3.06. The van der Waals surface area contributed by atoms with Crippen molar-refractivity contribution in [3.05, 3.63) is 0 Å². The molecule has 3 rings (SSSR count). The van der Waals surface area contributed by atoms with E-state index in [1.165, 1.54) is 64.5 Å². The van der Waals surface area contributed by atoms with E-state index in [0.29, 0.717) is 6.04 Å². The summed E-state index contributed by atoms with van der Waals surface area (Å²) < 4.78 is 0. The number of rotatable bonds is 3. The molecular weight excluding hydrogens is 244 g/mol. The number of likely N-dealkylation sites (tertiary alicyclic amines) is 1. The molecule has 2 aliphatic carbocycles. The Kier molecular flexibility index (Phi) is 4.72. The van der Waals surface area contributed by atoms with Crippen molar-refractivity contribution >= 4 is 0 Å². The molecule has 0 aromatic carbocycles. The summed E-state index contributed by atoms with van der Waals surface area (Å²) in [5.74, 6) is 3.54. The second kappa shape index (κ2) is 6.36. The van der Waals surface area contributed by atoms with Gasteiger partial charge in [0.15, 0.2) is 0 Å². The number of fused-ring (bicyclic) bond motifs is 1. The summed E-state index contributed by atoms with van der Waals surface area (Å²) >= 11 is 0. The second-order valence-corrected chi connectivity index (χ2v) is 8.14. The van der Waals surface area contributed by atoms with Crippen LogP contribution in [0.4, 0.5) is 0 Å². The maximum absolute atomic E-state index is 6.46. The molecule has 3 fully saturated rings. The van der Waals surface area contributed by atoms with Crippen molar-refractivity contribution in [2.24, 2.45) is 29.4 Å². The fraction of sp³-hybridized carbons (Fsp3) is 1.00. The van der Waals surface area contributed by atoms with Crippen molar-refractivity contribution in [2.75, 3.05) is 13.1 Å². The summed E-state index contributed by atoms with van der Waals surface area (Å²) in [4.78, 5) is 2.83. The van der Waals surface area contributed by atoms with Crippen molar-refractivity contribution in [3.8, 4) is 0 Å². The topological polar surface area (TPSA) is 29.3 Å². The van der Waals surface area contributed by atoms with Gasteiger partial charge < -0.3 is 5.73 Å². The SMILES string of the molecule is CC(C)C1CCC(N)C(CN2CCC3CCCCC32)C1. The lowest BCUT2D eigenvalue weighted by Crippen LogP contribution is -2.46. The molecule has 0 aromatic rings. The molecule has 3 aliphatic rings. The molecule has 2 heteroatoms. The molecule has 1 heterocycles. The Hall–Kier alpha value is -0.0800. The molecule has 0 amide bonds. The van der Waals surface area contributed by atoms with Gasteiger partial charge in [-0.3, -0.25) is 4.90 Å². The Balaban J connectivity index is 1.58. The Morgan fingerprint density at radius 2 is 1.85 bits per heavy atom. The highest BCUT2D eigenvalue weighted by Gasteiger charge is 2.38. The van der Waals surface area contributed by atoms with Crippen LogP contribution in [0.1, 0.15) is 65.2 Å². The van der Waals surface area contributed by atoms with Crippen molar-refractivity contribution < 1.29 is 0 Å². The molecule has 1 saturated heterocycles. The zero-order chi connectivity index (χ0) is 14.1. The van der Waals surface area contributed by atoms with E-state index in [4.69, 9.17) is 5.73 Å². The summed E-state index contributed by atoms with van der Waals surface area (Å²) in [7, 11) is 0. The van der Waals surface area contributed by atoms with E-state index >= 15 is 0 Å². The van der Waals surface area contributed by atoms with Crippen molar-refractivity contribution in [1.82, 2.24) is 4.90 Å². The first-order chi connectivity index (χ1) is 9.65. The molecule has 0 bridgehead atoms. The lowest BCUT2D eigenvalue weighted by molar-refractivity contribution is 0.110. The van der Waals surface area contributed by atoms with Crippen LogP contribution in [-0.2, 0) is 0 Å². The van der Waals surface area contributed by atoms with Crippen LogP contribution in [0.5, 0.6) is 0 Å². The lowest BCUT2D eigenvalue weighted by Gasteiger charge is -2.40. The van der Waals surface area contributed by atoms with Gasteiger partial charge in [-0.1, -0.05) is 26.7 Å². The number of hydrogen-bond acceptors (Lipinski definition) is 2. The molecule has 1 aliphatic heterocycles. The predicted molar refractivity (Wildman–Crippen MR) is 85.6 cm³/mol. The molecule has 2 nitrogen and oxygen atoms in total. The maximum atomic E-state index is 6.46. The minimum absolute atomic E-state index is 0.465. The van der Waals surface area contributed by atoms with Crippen LogP contribution in [0, 0.1) is 23.7 Å². The van der Waals surface area contributed by atoms with Gasteiger partial charge in [0.2, 0.25) is 0 Å². The van der Waals surface area contributed by atoms with Crippen molar-refractivity contribution in [2.45, 2.75) is 77.3 Å². The Bertz CT molecular complexity index is 315. The minimum atomic E-state index is 0.465. The van der Waals surface area contributed by atoms with Gasteiger partial charge in [-0.15, -0.1) is 0 Å². The molecule has 2 N–H and O–H groups in total. The average molecular weight is 278 g/mol. The Morgan fingerprint density at radius 1 is 1.05 bits per heavy atom. The van der Waals surface area contributed by atoms with Crippen LogP contribution in [-0.4, -0.2) is 30.1 Å². The third-order valence-electron chi connectivity index (χ3n) is 6.62. The van der Waals surface area contributed by atoms with Crippen LogP contribution in [0.2, 0.25) is 0 Å². The monoisotopic (exact) mass is 278 g/mol. The van der Waals surface area contributed by atoms with E-state index in [9.17, 15) is 0 Å². The molecular formula is C18H34N2. The minimum Gasteiger partial charge on any atom is -0.327 e. The molecule has 0 radical (unpaired) electrons. The first kappa shape index (κ1) is 14.8. The molecule has 20 heavy (non-hydrogen) atoms. The van der Waals surface area contributed by atoms with E-state index in [2.05, 4.69) is 18.7 Å². The highest BCUT2D eigenvalue weighted by atomic mass is 15.2. The highest BCUT2D eigenvalue weighted by molar-refractivity contribution is 4.93. The molecule has 5 unspecified atom stereocenters. The normalized spacial score (nSPS) is 42.9. The quantitative estimate of drug-likeness (QED) is 0.854. The largest absolute Gasteiger partial charge is 0.327 e. The van der Waals surface area contributed by atoms with E-state index in [1.807, 2.05) is 0 Å². The van der Waals surface area contributed by atoms with Crippen LogP contribution in [0.15, 0.2) is 0 Å². The van der Waals surface area contributed by atoms with E-state index < -0.39 is 0 Å². The third-order valence-corrected chi connectivity index (χ3v) is 6.62. The molecule has 0 aromatic heterocycles. The van der Waals surface area contributed by atoms with Gasteiger partial charge in [-0.2, -0.15) is 0 Å². The Labute approximate surface area is 125 Å². The average Bonchev–Trinajstić information content (AvgIpc) is 2.84. The summed E-state index contributed by atoms with van der Waals surface area (Å²) in [6, 6.07) is 1.38. The first-order valence-electron chi connectivity index (χ1n) is 9.14. The van der Waals surface area contributed by atoms with Gasteiger partial charge in [0.25, 0.3) is 0 Å². The van der Waals surface area contributed by atoms with Gasteiger partial charge in [0, 0.05) is 18.6 Å². The number of nitrogens with zero attached hydrogens (tertiary/aromatic N) is 1. The number of nitrogens with two attached hydrogens (primary N) is 1. The summed E-state index contributed by atoms with van der Waals surface area (Å²) in [6.07, 6.45) is 11.4. The Morgan fingerprint density at radius 3 is 2.65 bits per heavy atom. The molecule has 116 valence electrons. The first-order valence-corrected chi connectivity index (χ1v) is 9.14. The molecule has 5 atom stereocenters. The van der Waals surface area contributed by atoms with Crippen molar-refractivity contribution in [1.29, 1.82) is 0 Å². The fourth-order valence-electron chi connectivity index (χ4n) is 5.17. The van der Waals surface area contributed by atoms with Gasteiger partial charge >= 0.3 is 0 Å². The predicted octanol–water partition coefficient (Wildman–Crippen LogP) is 3.65.